The van der Waals surface area contributed by atoms with E-state index in [2.05, 4.69) is 19.2 Å². The number of allylic oxidation sites excluding steroid dienone is 1. The number of carbonyl (C=O) groups is 2. The smallest absolute Gasteiger partial charge is 0.425 e. The second-order valence-electron chi connectivity index (χ2n) is 9.26. The number of likely N-dealkylation sites (N-methyl/N-ethyl adjacent to an activating group) is 1. The Balaban J connectivity index is 1.55. The number of nitrogens with zero attached hydrogens (tertiary/aromatic N) is 1. The van der Waals surface area contributed by atoms with Gasteiger partial charge in [0.1, 0.15) is 17.2 Å². The number of hydrogen-bond acceptors (Lipinski definition) is 5. The van der Waals surface area contributed by atoms with Crippen molar-refractivity contribution in [3.05, 3.63) is 52.5 Å². The second kappa shape index (κ2) is 10.2. The first kappa shape index (κ1) is 24.3. The molecule has 0 bridgehead atoms. The summed E-state index contributed by atoms with van der Waals surface area (Å²) in [4.78, 5) is 26.8. The van der Waals surface area contributed by atoms with Crippen LogP contribution >= 0.6 is 11.8 Å². The molecule has 2 amide bonds. The minimum Gasteiger partial charge on any atom is -0.493 e. The van der Waals surface area contributed by atoms with Crippen LogP contribution in [-0.4, -0.2) is 54.7 Å². The maximum absolute atomic E-state index is 13.1. The summed E-state index contributed by atoms with van der Waals surface area (Å²) in [5, 5.41) is 3.21. The van der Waals surface area contributed by atoms with E-state index >= 15 is 0 Å². The molecule has 0 saturated heterocycles. The molecular weight excluding hydrogens is 448 g/mol. The first-order chi connectivity index (χ1) is 16.3. The van der Waals surface area contributed by atoms with Crippen molar-refractivity contribution in [2.75, 3.05) is 21.3 Å². The van der Waals surface area contributed by atoms with Crippen LogP contribution in [0, 0.1) is 11.8 Å². The molecule has 7 heteroatoms. The lowest BCUT2D eigenvalue weighted by molar-refractivity contribution is -0.413. The molecule has 2 aliphatic carbocycles. The summed E-state index contributed by atoms with van der Waals surface area (Å²) in [6.45, 7) is 4.48. The quantitative estimate of drug-likeness (QED) is 0.504. The highest BCUT2D eigenvalue weighted by molar-refractivity contribution is 8.05. The molecule has 1 heterocycles. The number of ether oxygens (including phenoxy) is 2. The Hall–Kier alpha value is -2.80. The molecule has 1 saturated carbocycles. The molecule has 0 spiro atoms. The summed E-state index contributed by atoms with van der Waals surface area (Å²) < 4.78 is 12.3. The van der Waals surface area contributed by atoms with Crippen molar-refractivity contribution in [2.45, 2.75) is 44.4 Å². The number of thioether (sulfide) groups is 1. The molecular formula is C27H33N2O4S+. The van der Waals surface area contributed by atoms with E-state index in [1.165, 1.54) is 18.2 Å². The van der Waals surface area contributed by atoms with Crippen LogP contribution < -0.4 is 14.8 Å². The molecule has 0 aromatic heterocycles. The zero-order valence-corrected chi connectivity index (χ0v) is 21.3. The Labute approximate surface area is 205 Å². The van der Waals surface area contributed by atoms with Gasteiger partial charge in [-0.1, -0.05) is 56.7 Å². The Morgan fingerprint density at radius 3 is 2.68 bits per heavy atom. The monoisotopic (exact) mass is 481 g/mol. The highest BCUT2D eigenvalue weighted by atomic mass is 32.2. The lowest BCUT2D eigenvalue weighted by atomic mass is 9.78. The second-order valence-corrected chi connectivity index (χ2v) is 10.4. The van der Waals surface area contributed by atoms with Crippen molar-refractivity contribution in [1.82, 2.24) is 5.32 Å². The normalized spacial score (nSPS) is 27.9. The fraction of sp³-hybridized carbons (Fsp3) is 0.444. The number of methoxy groups -OCH3 is 2. The summed E-state index contributed by atoms with van der Waals surface area (Å²) >= 11 is 1.49. The van der Waals surface area contributed by atoms with Gasteiger partial charge in [0.15, 0.2) is 11.5 Å². The summed E-state index contributed by atoms with van der Waals surface area (Å²) in [5.74, 6) is 2.18. The molecule has 1 aromatic rings. The van der Waals surface area contributed by atoms with E-state index in [4.69, 9.17) is 9.47 Å². The topological polar surface area (TPSA) is 67.6 Å². The minimum absolute atomic E-state index is 0.0285. The van der Waals surface area contributed by atoms with E-state index in [1.807, 2.05) is 42.5 Å². The maximum atomic E-state index is 13.1. The Kier molecular flexibility index (Phi) is 7.31. The standard InChI is InChI=1S/C27H32N2O4S/c1-16-7-6-8-20(17(16)2)28-26(30)19-10-12-24-21(15-19)29(3)27(31)25(34-24)14-18-9-11-22(32-4)23(13-18)33-5/h9-17,20,24H,6-8H2,1-5H3/p+1/b25-14-. The number of amides is 2. The summed E-state index contributed by atoms with van der Waals surface area (Å²) in [7, 11) is 4.95. The van der Waals surface area contributed by atoms with Gasteiger partial charge in [0.25, 0.3) is 5.91 Å². The lowest BCUT2D eigenvalue weighted by Crippen LogP contribution is -2.44. The molecule has 34 heavy (non-hydrogen) atoms. The van der Waals surface area contributed by atoms with Crippen LogP contribution in [0.1, 0.15) is 38.7 Å². The first-order valence-electron chi connectivity index (χ1n) is 11.8. The van der Waals surface area contributed by atoms with E-state index in [-0.39, 0.29) is 23.1 Å². The minimum atomic E-state index is -0.0907. The molecule has 4 unspecified atom stereocenters. The lowest BCUT2D eigenvalue weighted by Gasteiger charge is -2.34. The van der Waals surface area contributed by atoms with Gasteiger partial charge in [-0.3, -0.25) is 4.79 Å². The van der Waals surface area contributed by atoms with E-state index in [9.17, 15) is 9.59 Å². The highest BCUT2D eigenvalue weighted by Gasteiger charge is 2.38. The van der Waals surface area contributed by atoms with Crippen molar-refractivity contribution in [2.24, 2.45) is 11.8 Å². The SMILES string of the molecule is COc1ccc(/C=C2\SC3C=CC(C(=O)NC4CCCC(C)C4C)=CC3=[N+](C)C2=O)cc1OC. The molecule has 4 atom stereocenters. The van der Waals surface area contributed by atoms with E-state index in [1.54, 1.807) is 25.8 Å². The van der Waals surface area contributed by atoms with Crippen molar-refractivity contribution >= 4 is 35.4 Å². The van der Waals surface area contributed by atoms with Crippen LogP contribution in [0.3, 0.4) is 0 Å². The van der Waals surface area contributed by atoms with Crippen LogP contribution in [0.15, 0.2) is 46.9 Å². The number of benzene rings is 1. The Morgan fingerprint density at radius 2 is 1.94 bits per heavy atom. The van der Waals surface area contributed by atoms with Crippen molar-refractivity contribution < 1.29 is 23.6 Å². The molecule has 6 nitrogen and oxygen atoms in total. The first-order valence-corrected chi connectivity index (χ1v) is 12.7. The molecule has 1 fully saturated rings. The van der Waals surface area contributed by atoms with Crippen LogP contribution in [0.2, 0.25) is 0 Å². The van der Waals surface area contributed by atoms with Crippen molar-refractivity contribution in [3.63, 3.8) is 0 Å². The molecule has 1 aliphatic heterocycles. The van der Waals surface area contributed by atoms with Crippen LogP contribution in [0.5, 0.6) is 11.5 Å². The molecule has 180 valence electrons. The molecule has 1 N–H and O–H groups in total. The molecule has 0 radical (unpaired) electrons. The summed E-state index contributed by atoms with van der Waals surface area (Å²) in [6, 6.07) is 5.77. The van der Waals surface area contributed by atoms with Gasteiger partial charge in [-0.25, -0.2) is 4.79 Å². The van der Waals surface area contributed by atoms with E-state index in [0.717, 1.165) is 24.1 Å². The van der Waals surface area contributed by atoms with Gasteiger partial charge >= 0.3 is 5.91 Å². The third-order valence-electron chi connectivity index (χ3n) is 7.19. The average molecular weight is 482 g/mol. The fourth-order valence-corrected chi connectivity index (χ4v) is 6.02. The van der Waals surface area contributed by atoms with Gasteiger partial charge in [0.05, 0.1) is 14.2 Å². The van der Waals surface area contributed by atoms with Gasteiger partial charge in [0.2, 0.25) is 5.71 Å². The molecule has 4 rings (SSSR count). The molecule has 3 aliphatic rings. The summed E-state index contributed by atoms with van der Waals surface area (Å²) in [6.07, 6.45) is 11.0. The number of hydrogen-bond donors (Lipinski definition) is 1. The van der Waals surface area contributed by atoms with Crippen LogP contribution in [-0.2, 0) is 9.59 Å². The van der Waals surface area contributed by atoms with Crippen molar-refractivity contribution in [3.8, 4) is 11.5 Å². The highest BCUT2D eigenvalue weighted by Crippen LogP contribution is 2.35. The van der Waals surface area contributed by atoms with Crippen molar-refractivity contribution in [1.29, 1.82) is 0 Å². The third-order valence-corrected chi connectivity index (χ3v) is 8.39. The van der Waals surface area contributed by atoms with E-state index in [0.29, 0.717) is 33.8 Å². The zero-order valence-electron chi connectivity index (χ0n) is 20.5. The fourth-order valence-electron chi connectivity index (χ4n) is 4.80. The van der Waals surface area contributed by atoms with Crippen LogP contribution in [0.4, 0.5) is 0 Å². The van der Waals surface area contributed by atoms with Gasteiger partial charge in [-0.15, -0.1) is 0 Å². The Morgan fingerprint density at radius 1 is 1.18 bits per heavy atom. The van der Waals surface area contributed by atoms with Gasteiger partial charge in [-0.05, 0) is 42.0 Å². The van der Waals surface area contributed by atoms with Gasteiger partial charge in [-0.2, -0.15) is 4.58 Å². The number of carbonyl (C=O) groups excluding carboxylic acids is 2. The largest absolute Gasteiger partial charge is 0.493 e. The van der Waals surface area contributed by atoms with Crippen LogP contribution in [0.25, 0.3) is 6.08 Å². The summed E-state index contributed by atoms with van der Waals surface area (Å²) in [5.41, 5.74) is 2.29. The maximum Gasteiger partial charge on any atom is 0.425 e. The average Bonchev–Trinajstić information content (AvgIpc) is 2.84. The van der Waals surface area contributed by atoms with Gasteiger partial charge < -0.3 is 14.8 Å². The predicted molar refractivity (Wildman–Crippen MR) is 136 cm³/mol. The Bertz CT molecular complexity index is 1120. The van der Waals surface area contributed by atoms with E-state index < -0.39 is 0 Å². The number of fused-ring (bicyclic) bond motifs is 1. The number of nitrogens with one attached hydrogen (secondary N) is 1. The number of rotatable bonds is 5. The zero-order chi connectivity index (χ0) is 24.4. The third kappa shape index (κ3) is 4.85. The predicted octanol–water partition coefficient (Wildman–Crippen LogP) is 4.21. The molecule has 1 aromatic carbocycles. The van der Waals surface area contributed by atoms with Gasteiger partial charge in [0, 0.05) is 17.7 Å².